The predicted molar refractivity (Wildman–Crippen MR) is 78.0 cm³/mol. The smallest absolute Gasteiger partial charge is 0.295 e. The molecule has 106 valence electrons. The number of anilines is 1. The molecule has 0 atom stereocenters. The van der Waals surface area contributed by atoms with Crippen molar-refractivity contribution >= 4 is 22.3 Å². The Labute approximate surface area is 116 Å². The highest BCUT2D eigenvalue weighted by Crippen LogP contribution is 2.28. The lowest BCUT2D eigenvalue weighted by Crippen LogP contribution is -2.13. The Kier molecular flexibility index (Phi) is 4.47. The number of rotatable bonds is 6. The van der Waals surface area contributed by atoms with Gasteiger partial charge in [0.05, 0.1) is 17.6 Å². The third kappa shape index (κ3) is 3.21. The molecule has 6 nitrogen and oxygen atoms in total. The third-order valence-corrected chi connectivity index (χ3v) is 2.82. The normalized spacial score (nSPS) is 10.9. The van der Waals surface area contributed by atoms with Crippen molar-refractivity contribution in [3.8, 4) is 0 Å². The second-order valence-corrected chi connectivity index (χ2v) is 4.64. The summed E-state index contributed by atoms with van der Waals surface area (Å²) in [6.45, 7) is 5.17. The Morgan fingerprint density at radius 1 is 1.40 bits per heavy atom. The molecule has 1 N–H and O–H groups in total. The van der Waals surface area contributed by atoms with Gasteiger partial charge in [0.2, 0.25) is 0 Å². The molecule has 20 heavy (non-hydrogen) atoms. The largest absolute Gasteiger partial charge is 0.382 e. The number of para-hydroxylation sites is 1. The fourth-order valence-corrected chi connectivity index (χ4v) is 1.94. The Hall–Kier alpha value is -2.21. The number of nitrogens with zero attached hydrogens (tertiary/aromatic N) is 2. The van der Waals surface area contributed by atoms with Crippen molar-refractivity contribution in [2.75, 3.05) is 18.5 Å². The maximum absolute atomic E-state index is 11.0. The van der Waals surface area contributed by atoms with Gasteiger partial charge in [-0.1, -0.05) is 12.1 Å². The minimum Gasteiger partial charge on any atom is -0.382 e. The molecule has 1 heterocycles. The standard InChI is InChI=1S/C14H17N3O3/c1-10(2)20-9-8-15-12-6-7-16-14-11(12)4-3-5-13(14)17(18)19/h3-7,10H,8-9H2,1-2H3,(H,15,16). The van der Waals surface area contributed by atoms with Crippen LogP contribution in [0.15, 0.2) is 30.5 Å². The average molecular weight is 275 g/mol. The van der Waals surface area contributed by atoms with E-state index >= 15 is 0 Å². The fraction of sp³-hybridized carbons (Fsp3) is 0.357. The number of nitro benzene ring substituents is 1. The summed E-state index contributed by atoms with van der Waals surface area (Å²) in [5.41, 5.74) is 1.24. The topological polar surface area (TPSA) is 77.3 Å². The lowest BCUT2D eigenvalue weighted by molar-refractivity contribution is -0.383. The Morgan fingerprint density at radius 2 is 2.20 bits per heavy atom. The highest BCUT2D eigenvalue weighted by atomic mass is 16.6. The average Bonchev–Trinajstić information content (AvgIpc) is 2.42. The summed E-state index contributed by atoms with van der Waals surface area (Å²) >= 11 is 0. The van der Waals surface area contributed by atoms with Crippen LogP contribution in [0.1, 0.15) is 13.8 Å². The molecule has 0 saturated heterocycles. The van der Waals surface area contributed by atoms with E-state index in [4.69, 9.17) is 4.74 Å². The number of aromatic nitrogens is 1. The summed E-state index contributed by atoms with van der Waals surface area (Å²) in [4.78, 5) is 14.7. The summed E-state index contributed by atoms with van der Waals surface area (Å²) in [6, 6.07) is 6.75. The highest BCUT2D eigenvalue weighted by Gasteiger charge is 2.14. The maximum atomic E-state index is 11.0. The second kappa shape index (κ2) is 6.29. The molecule has 0 aliphatic carbocycles. The van der Waals surface area contributed by atoms with E-state index in [1.54, 1.807) is 18.3 Å². The van der Waals surface area contributed by atoms with Gasteiger partial charge < -0.3 is 10.1 Å². The summed E-state index contributed by atoms with van der Waals surface area (Å²) in [5, 5.41) is 15.0. The molecule has 6 heteroatoms. The van der Waals surface area contributed by atoms with Crippen molar-refractivity contribution in [3.63, 3.8) is 0 Å². The van der Waals surface area contributed by atoms with E-state index < -0.39 is 4.92 Å². The van der Waals surface area contributed by atoms with Crippen LogP contribution in [0.3, 0.4) is 0 Å². The van der Waals surface area contributed by atoms with Crippen LogP contribution in [0.4, 0.5) is 11.4 Å². The Morgan fingerprint density at radius 3 is 2.90 bits per heavy atom. The first kappa shape index (κ1) is 14.2. The van der Waals surface area contributed by atoms with Gasteiger partial charge in [-0.25, -0.2) is 4.98 Å². The molecule has 0 aliphatic rings. The molecular formula is C14H17N3O3. The van der Waals surface area contributed by atoms with E-state index in [9.17, 15) is 10.1 Å². The molecule has 0 amide bonds. The summed E-state index contributed by atoms with van der Waals surface area (Å²) in [7, 11) is 0. The van der Waals surface area contributed by atoms with E-state index in [-0.39, 0.29) is 11.8 Å². The van der Waals surface area contributed by atoms with Crippen molar-refractivity contribution in [1.82, 2.24) is 4.98 Å². The van der Waals surface area contributed by atoms with Gasteiger partial charge in [0.25, 0.3) is 5.69 Å². The first-order valence-corrected chi connectivity index (χ1v) is 6.47. The molecule has 0 unspecified atom stereocenters. The maximum Gasteiger partial charge on any atom is 0.295 e. The van der Waals surface area contributed by atoms with Crippen molar-refractivity contribution in [2.24, 2.45) is 0 Å². The Balaban J connectivity index is 2.22. The van der Waals surface area contributed by atoms with Crippen LogP contribution in [0.2, 0.25) is 0 Å². The fourth-order valence-electron chi connectivity index (χ4n) is 1.94. The number of hydrogen-bond acceptors (Lipinski definition) is 5. The monoisotopic (exact) mass is 275 g/mol. The molecule has 0 bridgehead atoms. The van der Waals surface area contributed by atoms with Crippen molar-refractivity contribution in [3.05, 3.63) is 40.6 Å². The van der Waals surface area contributed by atoms with E-state index in [0.717, 1.165) is 11.1 Å². The van der Waals surface area contributed by atoms with Crippen LogP contribution in [0, 0.1) is 10.1 Å². The predicted octanol–water partition coefficient (Wildman–Crippen LogP) is 2.98. The van der Waals surface area contributed by atoms with E-state index in [1.807, 2.05) is 19.9 Å². The van der Waals surface area contributed by atoms with Gasteiger partial charge in [0.15, 0.2) is 0 Å². The quantitative estimate of drug-likeness (QED) is 0.498. The first-order chi connectivity index (χ1) is 9.59. The van der Waals surface area contributed by atoms with Gasteiger partial charge in [-0.2, -0.15) is 0 Å². The lowest BCUT2D eigenvalue weighted by atomic mass is 10.1. The van der Waals surface area contributed by atoms with Crippen LogP contribution >= 0.6 is 0 Å². The summed E-state index contributed by atoms with van der Waals surface area (Å²) in [6.07, 6.45) is 1.76. The van der Waals surface area contributed by atoms with Crippen LogP contribution in [-0.4, -0.2) is 29.2 Å². The third-order valence-electron chi connectivity index (χ3n) is 2.82. The van der Waals surface area contributed by atoms with Crippen molar-refractivity contribution in [1.29, 1.82) is 0 Å². The van der Waals surface area contributed by atoms with E-state index in [0.29, 0.717) is 18.7 Å². The molecule has 0 spiro atoms. The van der Waals surface area contributed by atoms with Crippen molar-refractivity contribution in [2.45, 2.75) is 20.0 Å². The number of hydrogen-bond donors (Lipinski definition) is 1. The van der Waals surface area contributed by atoms with Crippen molar-refractivity contribution < 1.29 is 9.66 Å². The summed E-state index contributed by atoms with van der Waals surface area (Å²) in [5.74, 6) is 0. The number of fused-ring (bicyclic) bond motifs is 1. The Bertz CT molecular complexity index is 614. The van der Waals surface area contributed by atoms with Crippen LogP contribution in [-0.2, 0) is 4.74 Å². The minimum atomic E-state index is -0.416. The lowest BCUT2D eigenvalue weighted by Gasteiger charge is -2.11. The zero-order valence-electron chi connectivity index (χ0n) is 11.5. The SMILES string of the molecule is CC(C)OCCNc1ccnc2c([N+](=O)[O-])cccc12. The molecule has 2 rings (SSSR count). The molecule has 2 aromatic rings. The van der Waals surface area contributed by atoms with Gasteiger partial charge in [-0.3, -0.25) is 10.1 Å². The second-order valence-electron chi connectivity index (χ2n) is 4.64. The molecule has 1 aromatic heterocycles. The van der Waals surface area contributed by atoms with E-state index in [2.05, 4.69) is 10.3 Å². The number of non-ortho nitro benzene ring substituents is 1. The number of nitrogens with one attached hydrogen (secondary N) is 1. The van der Waals surface area contributed by atoms with E-state index in [1.165, 1.54) is 6.07 Å². The van der Waals surface area contributed by atoms with Gasteiger partial charge in [-0.05, 0) is 19.9 Å². The number of benzene rings is 1. The van der Waals surface area contributed by atoms with Crippen LogP contribution in [0.5, 0.6) is 0 Å². The van der Waals surface area contributed by atoms with Gasteiger partial charge >= 0.3 is 0 Å². The zero-order chi connectivity index (χ0) is 14.5. The molecule has 0 aliphatic heterocycles. The molecule has 0 saturated carbocycles. The van der Waals surface area contributed by atoms with Gasteiger partial charge in [-0.15, -0.1) is 0 Å². The number of nitro groups is 1. The molecular weight excluding hydrogens is 258 g/mol. The molecule has 0 radical (unpaired) electrons. The van der Waals surface area contributed by atoms with Crippen LogP contribution in [0.25, 0.3) is 10.9 Å². The number of ether oxygens (including phenoxy) is 1. The van der Waals surface area contributed by atoms with Gasteiger partial charge in [0, 0.05) is 29.9 Å². The van der Waals surface area contributed by atoms with Crippen LogP contribution < -0.4 is 5.32 Å². The number of pyridine rings is 1. The molecule has 0 fully saturated rings. The first-order valence-electron chi connectivity index (χ1n) is 6.47. The molecule has 1 aromatic carbocycles. The van der Waals surface area contributed by atoms with Gasteiger partial charge in [0.1, 0.15) is 5.52 Å². The zero-order valence-corrected chi connectivity index (χ0v) is 11.5. The highest BCUT2D eigenvalue weighted by molar-refractivity contribution is 5.96. The minimum absolute atomic E-state index is 0.0181. The summed E-state index contributed by atoms with van der Waals surface area (Å²) < 4.78 is 5.45.